The molecular weight excluding hydrogens is 318 g/mol. The molecule has 2 aromatic rings. The van der Waals surface area contributed by atoms with Gasteiger partial charge in [-0.2, -0.15) is 0 Å². The molecule has 3 rings (SSSR count). The maximum absolute atomic E-state index is 12.5. The van der Waals surface area contributed by atoms with Crippen LogP contribution in [0.15, 0.2) is 54.6 Å². The van der Waals surface area contributed by atoms with E-state index in [0.29, 0.717) is 18.7 Å². The Morgan fingerprint density at radius 1 is 1.16 bits per heavy atom. The van der Waals surface area contributed by atoms with Crippen molar-refractivity contribution in [1.29, 1.82) is 0 Å². The molecule has 25 heavy (non-hydrogen) atoms. The molecular formula is C20H21NO4. The molecule has 5 nitrogen and oxygen atoms in total. The lowest BCUT2D eigenvalue weighted by Gasteiger charge is -2.27. The van der Waals surface area contributed by atoms with Crippen molar-refractivity contribution >= 4 is 11.9 Å². The Kier molecular flexibility index (Phi) is 5.03. The number of carboxylic acids is 1. The molecule has 0 unspecified atom stereocenters. The molecule has 0 aromatic heterocycles. The first-order valence-electron chi connectivity index (χ1n) is 8.30. The highest BCUT2D eigenvalue weighted by molar-refractivity contribution is 5.87. The molecule has 0 bridgehead atoms. The van der Waals surface area contributed by atoms with Crippen LogP contribution in [0.2, 0.25) is 0 Å². The van der Waals surface area contributed by atoms with E-state index in [0.717, 1.165) is 11.1 Å². The van der Waals surface area contributed by atoms with Crippen molar-refractivity contribution in [2.45, 2.75) is 18.9 Å². The van der Waals surface area contributed by atoms with Crippen LogP contribution in [-0.2, 0) is 16.0 Å². The molecule has 0 spiro atoms. The van der Waals surface area contributed by atoms with Crippen molar-refractivity contribution in [3.63, 3.8) is 0 Å². The Bertz CT molecular complexity index is 742. The molecule has 1 fully saturated rings. The van der Waals surface area contributed by atoms with Crippen LogP contribution in [-0.4, -0.2) is 35.5 Å². The van der Waals surface area contributed by atoms with E-state index in [1.54, 1.807) is 24.1 Å². The summed E-state index contributed by atoms with van der Waals surface area (Å²) in [7, 11) is 1.58. The number of nitrogens with zero attached hydrogens (tertiary/aromatic N) is 1. The van der Waals surface area contributed by atoms with Crippen LogP contribution in [0.25, 0.3) is 0 Å². The Hall–Kier alpha value is -2.82. The minimum atomic E-state index is -0.934. The van der Waals surface area contributed by atoms with E-state index in [1.165, 1.54) is 0 Å². The van der Waals surface area contributed by atoms with E-state index in [1.807, 2.05) is 42.5 Å². The van der Waals surface area contributed by atoms with E-state index < -0.39 is 17.9 Å². The number of carbonyl (C=O) groups excluding carboxylic acids is 1. The molecule has 2 aromatic carbocycles. The fourth-order valence-electron chi connectivity index (χ4n) is 3.38. The number of ether oxygens (including phenoxy) is 1. The van der Waals surface area contributed by atoms with Gasteiger partial charge in [-0.1, -0.05) is 42.5 Å². The third-order valence-corrected chi connectivity index (χ3v) is 4.69. The molecule has 5 heteroatoms. The molecule has 1 amide bonds. The smallest absolute Gasteiger partial charge is 0.309 e. The monoisotopic (exact) mass is 339 g/mol. The summed E-state index contributed by atoms with van der Waals surface area (Å²) in [4.78, 5) is 25.8. The number of methoxy groups -OCH3 is 1. The van der Waals surface area contributed by atoms with Gasteiger partial charge >= 0.3 is 5.97 Å². The third-order valence-electron chi connectivity index (χ3n) is 4.69. The first-order chi connectivity index (χ1) is 12.1. The maximum Gasteiger partial charge on any atom is 0.309 e. The maximum atomic E-state index is 12.5. The summed E-state index contributed by atoms with van der Waals surface area (Å²) >= 11 is 0. The SMILES string of the molecule is COc1ccc([C@H]2[C@H](C(=O)O)CC(=O)N2CCc2ccccc2)cc1. The van der Waals surface area contributed by atoms with Crippen molar-refractivity contribution in [2.75, 3.05) is 13.7 Å². The van der Waals surface area contributed by atoms with Gasteiger partial charge < -0.3 is 14.7 Å². The molecule has 130 valence electrons. The number of rotatable bonds is 6. The van der Waals surface area contributed by atoms with Crippen molar-refractivity contribution in [1.82, 2.24) is 4.90 Å². The average molecular weight is 339 g/mol. The Balaban J connectivity index is 1.84. The fraction of sp³-hybridized carbons (Fsp3) is 0.300. The second-order valence-electron chi connectivity index (χ2n) is 6.19. The number of carbonyl (C=O) groups is 2. The predicted molar refractivity (Wildman–Crippen MR) is 93.3 cm³/mol. The first kappa shape index (κ1) is 17.0. The van der Waals surface area contributed by atoms with E-state index in [4.69, 9.17) is 4.74 Å². The minimum Gasteiger partial charge on any atom is -0.497 e. The van der Waals surface area contributed by atoms with Crippen LogP contribution in [0.1, 0.15) is 23.6 Å². The van der Waals surface area contributed by atoms with Gasteiger partial charge in [-0.3, -0.25) is 9.59 Å². The second kappa shape index (κ2) is 7.38. The van der Waals surface area contributed by atoms with Gasteiger partial charge in [0.2, 0.25) is 5.91 Å². The van der Waals surface area contributed by atoms with Crippen LogP contribution in [0, 0.1) is 5.92 Å². The highest BCUT2D eigenvalue weighted by atomic mass is 16.5. The fourth-order valence-corrected chi connectivity index (χ4v) is 3.38. The van der Waals surface area contributed by atoms with Crippen molar-refractivity contribution in [3.05, 3.63) is 65.7 Å². The molecule has 2 atom stereocenters. The zero-order chi connectivity index (χ0) is 17.8. The molecule has 1 aliphatic heterocycles. The quantitative estimate of drug-likeness (QED) is 0.879. The Labute approximate surface area is 146 Å². The van der Waals surface area contributed by atoms with Crippen LogP contribution < -0.4 is 4.74 Å². The van der Waals surface area contributed by atoms with Gasteiger partial charge in [0.15, 0.2) is 0 Å². The summed E-state index contributed by atoms with van der Waals surface area (Å²) in [6.07, 6.45) is 0.742. The third kappa shape index (κ3) is 3.65. The van der Waals surface area contributed by atoms with Gasteiger partial charge in [-0.05, 0) is 29.7 Å². The average Bonchev–Trinajstić information content (AvgIpc) is 2.97. The zero-order valence-corrected chi connectivity index (χ0v) is 14.1. The van der Waals surface area contributed by atoms with Gasteiger partial charge in [0, 0.05) is 13.0 Å². The van der Waals surface area contributed by atoms with Crippen LogP contribution in [0.4, 0.5) is 0 Å². The van der Waals surface area contributed by atoms with Gasteiger partial charge in [-0.25, -0.2) is 0 Å². The highest BCUT2D eigenvalue weighted by Gasteiger charge is 2.44. The lowest BCUT2D eigenvalue weighted by atomic mass is 9.93. The van der Waals surface area contributed by atoms with E-state index >= 15 is 0 Å². The summed E-state index contributed by atoms with van der Waals surface area (Å²) in [5.41, 5.74) is 1.95. The van der Waals surface area contributed by atoms with Crippen molar-refractivity contribution < 1.29 is 19.4 Å². The normalized spacial score (nSPS) is 19.9. The van der Waals surface area contributed by atoms with Crippen LogP contribution >= 0.6 is 0 Å². The standard InChI is InChI=1S/C20H21NO4/c1-25-16-9-7-15(8-10-16)19-17(20(23)24)13-18(22)21(19)12-11-14-5-3-2-4-6-14/h2-10,17,19H,11-13H2,1H3,(H,23,24)/t17-,19+/m1/s1. The van der Waals surface area contributed by atoms with Crippen molar-refractivity contribution in [2.24, 2.45) is 5.92 Å². The van der Waals surface area contributed by atoms with Crippen LogP contribution in [0.3, 0.4) is 0 Å². The molecule has 1 saturated heterocycles. The van der Waals surface area contributed by atoms with Crippen molar-refractivity contribution in [3.8, 4) is 5.75 Å². The number of aliphatic carboxylic acids is 1. The molecule has 0 radical (unpaired) electrons. The first-order valence-corrected chi connectivity index (χ1v) is 8.30. The summed E-state index contributed by atoms with van der Waals surface area (Å²) < 4.78 is 5.16. The molecule has 1 aliphatic rings. The van der Waals surface area contributed by atoms with Gasteiger partial charge in [0.1, 0.15) is 5.75 Å². The van der Waals surface area contributed by atoms with E-state index in [2.05, 4.69) is 0 Å². The number of hydrogen-bond acceptors (Lipinski definition) is 3. The highest BCUT2D eigenvalue weighted by Crippen LogP contribution is 2.38. The van der Waals surface area contributed by atoms with E-state index in [-0.39, 0.29) is 12.3 Å². The molecule has 0 saturated carbocycles. The second-order valence-corrected chi connectivity index (χ2v) is 6.19. The van der Waals surface area contributed by atoms with E-state index in [9.17, 15) is 14.7 Å². The number of benzene rings is 2. The lowest BCUT2D eigenvalue weighted by Crippen LogP contribution is -2.32. The topological polar surface area (TPSA) is 66.8 Å². The number of likely N-dealkylation sites (tertiary alicyclic amines) is 1. The zero-order valence-electron chi connectivity index (χ0n) is 14.1. The molecule has 1 N–H and O–H groups in total. The van der Waals surface area contributed by atoms with Gasteiger partial charge in [0.05, 0.1) is 19.1 Å². The lowest BCUT2D eigenvalue weighted by molar-refractivity contribution is -0.142. The summed E-state index contributed by atoms with van der Waals surface area (Å²) in [6.45, 7) is 0.503. The molecule has 0 aliphatic carbocycles. The summed E-state index contributed by atoms with van der Waals surface area (Å²) in [6, 6.07) is 16.7. The summed E-state index contributed by atoms with van der Waals surface area (Å²) in [5.74, 6) is -1.06. The van der Waals surface area contributed by atoms with Crippen LogP contribution in [0.5, 0.6) is 5.75 Å². The number of amides is 1. The summed E-state index contributed by atoms with van der Waals surface area (Å²) in [5, 5.41) is 9.56. The predicted octanol–water partition coefficient (Wildman–Crippen LogP) is 2.91. The largest absolute Gasteiger partial charge is 0.497 e. The van der Waals surface area contributed by atoms with Gasteiger partial charge in [0.25, 0.3) is 0 Å². The Morgan fingerprint density at radius 3 is 2.44 bits per heavy atom. The Morgan fingerprint density at radius 2 is 1.84 bits per heavy atom. The van der Waals surface area contributed by atoms with Gasteiger partial charge in [-0.15, -0.1) is 0 Å². The number of hydrogen-bond donors (Lipinski definition) is 1. The minimum absolute atomic E-state index is 0.0425. The number of carboxylic acid groups (broad SMARTS) is 1. The molecule has 1 heterocycles.